The molecule has 4 nitrogen and oxygen atoms in total. The number of hydrogen-bond donors (Lipinski definition) is 1. The van der Waals surface area contributed by atoms with E-state index in [1.54, 1.807) is 0 Å². The third kappa shape index (κ3) is 2.93. The highest BCUT2D eigenvalue weighted by Crippen LogP contribution is 2.28. The highest BCUT2D eigenvalue weighted by Gasteiger charge is 2.33. The van der Waals surface area contributed by atoms with Gasteiger partial charge in [0.1, 0.15) is 0 Å². The van der Waals surface area contributed by atoms with Gasteiger partial charge in [0.05, 0.1) is 6.20 Å². The van der Waals surface area contributed by atoms with Crippen molar-refractivity contribution >= 4 is 0 Å². The Kier molecular flexibility index (Phi) is 3.78. The van der Waals surface area contributed by atoms with E-state index in [0.717, 1.165) is 26.1 Å². The van der Waals surface area contributed by atoms with Crippen molar-refractivity contribution < 1.29 is 0 Å². The lowest BCUT2D eigenvalue weighted by Gasteiger charge is -2.42. The topological polar surface area (TPSA) is 47.1 Å². The molecule has 0 spiro atoms. The molecule has 0 aromatic carbocycles. The van der Waals surface area contributed by atoms with Gasteiger partial charge >= 0.3 is 0 Å². The van der Waals surface area contributed by atoms with E-state index < -0.39 is 0 Å². The average Bonchev–Trinajstić information content (AvgIpc) is 2.72. The first-order valence-electron chi connectivity index (χ1n) is 6.89. The molecule has 1 atom stereocenters. The lowest BCUT2D eigenvalue weighted by atomic mass is 9.79. The Morgan fingerprint density at radius 1 is 1.50 bits per heavy atom. The first kappa shape index (κ1) is 13.6. The van der Waals surface area contributed by atoms with Crippen LogP contribution in [0, 0.1) is 5.41 Å². The monoisotopic (exact) mass is 250 g/mol. The molecule has 2 rings (SSSR count). The van der Waals surface area contributed by atoms with E-state index in [2.05, 4.69) is 43.9 Å². The van der Waals surface area contributed by atoms with Crippen molar-refractivity contribution in [1.29, 1.82) is 0 Å². The standard InChI is InChI=1S/C14H26N4/c1-11(2)18-9-12(7-16-18)8-17-6-5-13(15)14(3,4)10-17/h7,9,11,13H,5-6,8,10,15H2,1-4H3. The number of likely N-dealkylation sites (tertiary alicyclic amines) is 1. The van der Waals surface area contributed by atoms with Crippen molar-refractivity contribution in [3.8, 4) is 0 Å². The van der Waals surface area contributed by atoms with E-state index >= 15 is 0 Å². The van der Waals surface area contributed by atoms with Crippen molar-refractivity contribution in [3.63, 3.8) is 0 Å². The average molecular weight is 250 g/mol. The fraction of sp³-hybridized carbons (Fsp3) is 0.786. The SMILES string of the molecule is CC(C)n1cc(CN2CCC(N)C(C)(C)C2)cn1. The maximum Gasteiger partial charge on any atom is 0.0534 e. The van der Waals surface area contributed by atoms with Gasteiger partial charge in [0.15, 0.2) is 0 Å². The van der Waals surface area contributed by atoms with Crippen LogP contribution in [0.1, 0.15) is 45.7 Å². The summed E-state index contributed by atoms with van der Waals surface area (Å²) in [7, 11) is 0. The second-order valence-electron chi connectivity index (χ2n) is 6.52. The van der Waals surface area contributed by atoms with Gasteiger partial charge < -0.3 is 5.73 Å². The predicted octanol–water partition coefficient (Wildman–Crippen LogP) is 2.02. The molecule has 2 heterocycles. The minimum absolute atomic E-state index is 0.215. The van der Waals surface area contributed by atoms with Gasteiger partial charge in [-0.1, -0.05) is 13.8 Å². The first-order valence-corrected chi connectivity index (χ1v) is 6.89. The largest absolute Gasteiger partial charge is 0.327 e. The zero-order valence-electron chi connectivity index (χ0n) is 12.1. The Morgan fingerprint density at radius 2 is 2.22 bits per heavy atom. The third-order valence-corrected chi connectivity index (χ3v) is 3.98. The molecule has 2 N–H and O–H groups in total. The molecule has 0 radical (unpaired) electrons. The van der Waals surface area contributed by atoms with Gasteiger partial charge in [-0.25, -0.2) is 0 Å². The number of aromatic nitrogens is 2. The summed E-state index contributed by atoms with van der Waals surface area (Å²) in [4.78, 5) is 2.49. The fourth-order valence-corrected chi connectivity index (χ4v) is 2.62. The summed E-state index contributed by atoms with van der Waals surface area (Å²) in [6.07, 6.45) is 5.24. The summed E-state index contributed by atoms with van der Waals surface area (Å²) >= 11 is 0. The van der Waals surface area contributed by atoms with Crippen LogP contribution >= 0.6 is 0 Å². The van der Waals surface area contributed by atoms with Crippen LogP contribution < -0.4 is 5.73 Å². The van der Waals surface area contributed by atoms with Gasteiger partial charge in [0, 0.05) is 43.5 Å². The molecular weight excluding hydrogens is 224 g/mol. The molecule has 18 heavy (non-hydrogen) atoms. The minimum atomic E-state index is 0.215. The van der Waals surface area contributed by atoms with Crippen LogP contribution in [0.4, 0.5) is 0 Å². The summed E-state index contributed by atoms with van der Waals surface area (Å²) in [5.41, 5.74) is 7.68. The van der Waals surface area contributed by atoms with Gasteiger partial charge in [-0.3, -0.25) is 9.58 Å². The Hall–Kier alpha value is -0.870. The van der Waals surface area contributed by atoms with Crippen molar-refractivity contribution in [1.82, 2.24) is 14.7 Å². The summed E-state index contributed by atoms with van der Waals surface area (Å²) < 4.78 is 2.02. The lowest BCUT2D eigenvalue weighted by Crippen LogP contribution is -2.51. The van der Waals surface area contributed by atoms with E-state index in [1.807, 2.05) is 10.9 Å². The van der Waals surface area contributed by atoms with Crippen LogP contribution in [0.2, 0.25) is 0 Å². The summed E-state index contributed by atoms with van der Waals surface area (Å²) in [6, 6.07) is 0.761. The second-order valence-corrected chi connectivity index (χ2v) is 6.52. The molecule has 1 aliphatic heterocycles. The number of piperidine rings is 1. The van der Waals surface area contributed by atoms with Crippen molar-refractivity contribution in [2.75, 3.05) is 13.1 Å². The Labute approximate surface area is 110 Å². The van der Waals surface area contributed by atoms with Gasteiger partial charge in [0.2, 0.25) is 0 Å². The van der Waals surface area contributed by atoms with Gasteiger partial charge in [0.25, 0.3) is 0 Å². The smallest absolute Gasteiger partial charge is 0.0534 e. The predicted molar refractivity (Wildman–Crippen MR) is 74.3 cm³/mol. The fourth-order valence-electron chi connectivity index (χ4n) is 2.62. The zero-order valence-corrected chi connectivity index (χ0v) is 12.1. The molecular formula is C14H26N4. The Balaban J connectivity index is 1.97. The normalized spacial score (nSPS) is 24.7. The van der Waals surface area contributed by atoms with Gasteiger partial charge in [-0.2, -0.15) is 5.10 Å². The van der Waals surface area contributed by atoms with Crippen LogP contribution in [0.25, 0.3) is 0 Å². The molecule has 1 saturated heterocycles. The minimum Gasteiger partial charge on any atom is -0.327 e. The Bertz CT molecular complexity index is 394. The molecule has 1 aromatic rings. The second kappa shape index (κ2) is 5.02. The molecule has 102 valence electrons. The van der Waals surface area contributed by atoms with Crippen molar-refractivity contribution in [2.24, 2.45) is 11.1 Å². The van der Waals surface area contributed by atoms with E-state index in [-0.39, 0.29) is 5.41 Å². The molecule has 1 fully saturated rings. The molecule has 1 aliphatic rings. The van der Waals surface area contributed by atoms with Crippen molar-refractivity contribution in [2.45, 2.75) is 52.7 Å². The van der Waals surface area contributed by atoms with Crippen molar-refractivity contribution in [3.05, 3.63) is 18.0 Å². The van der Waals surface area contributed by atoms with Gasteiger partial charge in [-0.15, -0.1) is 0 Å². The van der Waals surface area contributed by atoms with Crippen LogP contribution in [0.5, 0.6) is 0 Å². The highest BCUT2D eigenvalue weighted by molar-refractivity contribution is 5.05. The summed E-state index contributed by atoms with van der Waals surface area (Å²) in [6.45, 7) is 12.0. The zero-order chi connectivity index (χ0) is 13.3. The molecule has 1 unspecified atom stereocenters. The molecule has 0 saturated carbocycles. The molecule has 0 aliphatic carbocycles. The maximum atomic E-state index is 6.17. The van der Waals surface area contributed by atoms with Crippen LogP contribution in [0.3, 0.4) is 0 Å². The van der Waals surface area contributed by atoms with E-state index in [0.29, 0.717) is 12.1 Å². The number of hydrogen-bond acceptors (Lipinski definition) is 3. The number of nitrogens with zero attached hydrogens (tertiary/aromatic N) is 3. The van der Waals surface area contributed by atoms with Gasteiger partial charge in [-0.05, 0) is 25.7 Å². The quantitative estimate of drug-likeness (QED) is 0.893. The summed E-state index contributed by atoms with van der Waals surface area (Å²) in [5, 5.41) is 4.40. The molecule has 1 aromatic heterocycles. The third-order valence-electron chi connectivity index (χ3n) is 3.98. The highest BCUT2D eigenvalue weighted by atomic mass is 15.3. The Morgan fingerprint density at radius 3 is 2.78 bits per heavy atom. The van der Waals surface area contributed by atoms with Crippen LogP contribution in [-0.2, 0) is 6.54 Å². The first-order chi connectivity index (χ1) is 8.38. The summed E-state index contributed by atoms with van der Waals surface area (Å²) in [5.74, 6) is 0. The number of rotatable bonds is 3. The van der Waals surface area contributed by atoms with E-state index in [9.17, 15) is 0 Å². The van der Waals surface area contributed by atoms with E-state index in [4.69, 9.17) is 5.73 Å². The lowest BCUT2D eigenvalue weighted by molar-refractivity contribution is 0.0898. The van der Waals surface area contributed by atoms with Crippen LogP contribution in [-0.4, -0.2) is 33.8 Å². The molecule has 0 amide bonds. The van der Waals surface area contributed by atoms with Crippen LogP contribution in [0.15, 0.2) is 12.4 Å². The maximum absolute atomic E-state index is 6.17. The van der Waals surface area contributed by atoms with E-state index in [1.165, 1.54) is 5.56 Å². The molecule has 4 heteroatoms. The number of nitrogens with two attached hydrogens (primary N) is 1. The molecule has 0 bridgehead atoms.